The van der Waals surface area contributed by atoms with Crippen molar-refractivity contribution in [3.8, 4) is 5.69 Å². The molecule has 2 aromatic heterocycles. The zero-order chi connectivity index (χ0) is 16.5. The first-order valence-electron chi connectivity index (χ1n) is 7.46. The number of para-hydroxylation sites is 3. The Morgan fingerprint density at radius 3 is 2.58 bits per heavy atom. The fourth-order valence-electron chi connectivity index (χ4n) is 2.44. The van der Waals surface area contributed by atoms with Gasteiger partial charge in [0.25, 0.3) is 5.91 Å². The zero-order valence-corrected chi connectivity index (χ0v) is 12.9. The Balaban J connectivity index is 1.61. The fraction of sp³-hybridized carbons (Fsp3) is 0.0588. The van der Waals surface area contributed by atoms with Gasteiger partial charge >= 0.3 is 0 Å². The fourth-order valence-corrected chi connectivity index (χ4v) is 2.44. The third-order valence-electron chi connectivity index (χ3n) is 3.61. The lowest BCUT2D eigenvalue weighted by Gasteiger charge is -1.99. The number of aryl methyl sites for hydroxylation is 1. The first-order chi connectivity index (χ1) is 11.7. The van der Waals surface area contributed by atoms with Crippen molar-refractivity contribution in [2.24, 2.45) is 0 Å². The summed E-state index contributed by atoms with van der Waals surface area (Å²) in [7, 11) is 0. The lowest BCUT2D eigenvalue weighted by molar-refractivity contribution is 0.102. The zero-order valence-electron chi connectivity index (χ0n) is 12.9. The van der Waals surface area contributed by atoms with Gasteiger partial charge in [0, 0.05) is 0 Å². The Kier molecular flexibility index (Phi) is 3.31. The molecule has 0 radical (unpaired) electrons. The molecular weight excluding hydrogens is 304 g/mol. The molecular formula is C17H14N6O. The average Bonchev–Trinajstić information content (AvgIpc) is 3.18. The number of carbonyl (C=O) groups is 1. The highest BCUT2D eigenvalue weighted by atomic mass is 16.2. The van der Waals surface area contributed by atoms with Gasteiger partial charge in [0.1, 0.15) is 0 Å². The quantitative estimate of drug-likeness (QED) is 0.608. The molecule has 0 spiro atoms. The molecule has 0 saturated heterocycles. The number of benzene rings is 2. The van der Waals surface area contributed by atoms with E-state index < -0.39 is 0 Å². The van der Waals surface area contributed by atoms with Crippen LogP contribution in [0, 0.1) is 6.92 Å². The summed E-state index contributed by atoms with van der Waals surface area (Å²) in [5.41, 5.74) is 3.25. The number of aromatic amines is 1. The SMILES string of the molecule is Cc1nn(-c2ccccc2)nc1C(=O)Nc1nc2ccccc2[nH]1. The number of anilines is 1. The van der Waals surface area contributed by atoms with E-state index in [9.17, 15) is 4.79 Å². The molecule has 0 bridgehead atoms. The highest BCUT2D eigenvalue weighted by Gasteiger charge is 2.17. The van der Waals surface area contributed by atoms with Crippen molar-refractivity contribution in [3.63, 3.8) is 0 Å². The second kappa shape index (κ2) is 5.62. The molecule has 0 saturated carbocycles. The van der Waals surface area contributed by atoms with E-state index in [0.717, 1.165) is 16.7 Å². The highest BCUT2D eigenvalue weighted by Crippen LogP contribution is 2.15. The summed E-state index contributed by atoms with van der Waals surface area (Å²) < 4.78 is 0. The summed E-state index contributed by atoms with van der Waals surface area (Å²) in [5.74, 6) is 0.0311. The van der Waals surface area contributed by atoms with Gasteiger partial charge in [-0.2, -0.15) is 9.90 Å². The third kappa shape index (κ3) is 2.52. The van der Waals surface area contributed by atoms with E-state index in [4.69, 9.17) is 0 Å². The van der Waals surface area contributed by atoms with Gasteiger partial charge < -0.3 is 4.98 Å². The van der Waals surface area contributed by atoms with Crippen LogP contribution in [0.2, 0.25) is 0 Å². The molecule has 1 amide bonds. The lowest BCUT2D eigenvalue weighted by Crippen LogP contribution is -2.15. The number of hydrogen-bond acceptors (Lipinski definition) is 4. The largest absolute Gasteiger partial charge is 0.324 e. The molecule has 0 fully saturated rings. The molecule has 7 nitrogen and oxygen atoms in total. The predicted molar refractivity (Wildman–Crippen MR) is 90.1 cm³/mol. The molecule has 118 valence electrons. The maximum atomic E-state index is 12.5. The van der Waals surface area contributed by atoms with Gasteiger partial charge in [-0.25, -0.2) is 4.98 Å². The van der Waals surface area contributed by atoms with Crippen molar-refractivity contribution in [1.82, 2.24) is 25.0 Å². The summed E-state index contributed by atoms with van der Waals surface area (Å²) >= 11 is 0. The summed E-state index contributed by atoms with van der Waals surface area (Å²) in [6, 6.07) is 17.0. The van der Waals surface area contributed by atoms with Gasteiger partial charge in [-0.05, 0) is 31.2 Å². The predicted octanol–water partition coefficient (Wildman–Crippen LogP) is 2.70. The number of nitrogens with zero attached hydrogens (tertiary/aromatic N) is 4. The Morgan fingerprint density at radius 2 is 1.79 bits per heavy atom. The van der Waals surface area contributed by atoms with E-state index >= 15 is 0 Å². The van der Waals surface area contributed by atoms with Crippen molar-refractivity contribution < 1.29 is 4.79 Å². The standard InChI is InChI=1S/C17H14N6O/c1-11-15(22-23(21-11)12-7-3-2-4-8-12)16(24)20-17-18-13-9-5-6-10-14(13)19-17/h2-10H,1H3,(H2,18,19,20,24). The smallest absolute Gasteiger partial charge is 0.280 e. The van der Waals surface area contributed by atoms with Crippen molar-refractivity contribution in [2.45, 2.75) is 6.92 Å². The molecule has 4 aromatic rings. The Morgan fingerprint density at radius 1 is 1.04 bits per heavy atom. The number of amides is 1. The lowest BCUT2D eigenvalue weighted by atomic mass is 10.3. The summed E-state index contributed by atoms with van der Waals surface area (Å²) in [4.78, 5) is 21.3. The molecule has 0 aliphatic heterocycles. The van der Waals surface area contributed by atoms with Crippen LogP contribution in [0.5, 0.6) is 0 Å². The van der Waals surface area contributed by atoms with Crippen LogP contribution in [-0.2, 0) is 0 Å². The highest BCUT2D eigenvalue weighted by molar-refractivity contribution is 6.03. The van der Waals surface area contributed by atoms with Crippen LogP contribution in [0.1, 0.15) is 16.2 Å². The van der Waals surface area contributed by atoms with Crippen LogP contribution >= 0.6 is 0 Å². The molecule has 0 aliphatic rings. The van der Waals surface area contributed by atoms with Crippen molar-refractivity contribution >= 4 is 22.9 Å². The van der Waals surface area contributed by atoms with Crippen molar-refractivity contribution in [1.29, 1.82) is 0 Å². The minimum Gasteiger partial charge on any atom is -0.324 e. The van der Waals surface area contributed by atoms with E-state index in [2.05, 4.69) is 25.5 Å². The minimum absolute atomic E-state index is 0.263. The number of imidazole rings is 1. The molecule has 0 unspecified atom stereocenters. The van der Waals surface area contributed by atoms with E-state index in [-0.39, 0.29) is 11.6 Å². The van der Waals surface area contributed by atoms with Crippen LogP contribution < -0.4 is 5.32 Å². The van der Waals surface area contributed by atoms with Crippen LogP contribution in [0.4, 0.5) is 5.95 Å². The number of H-pyrrole nitrogens is 1. The van der Waals surface area contributed by atoms with Gasteiger partial charge in [0.2, 0.25) is 5.95 Å². The number of rotatable bonds is 3. The molecule has 7 heteroatoms. The molecule has 4 rings (SSSR count). The van der Waals surface area contributed by atoms with Gasteiger partial charge in [-0.15, -0.1) is 5.10 Å². The van der Waals surface area contributed by atoms with Crippen LogP contribution in [0.25, 0.3) is 16.7 Å². The number of nitrogens with one attached hydrogen (secondary N) is 2. The third-order valence-corrected chi connectivity index (χ3v) is 3.61. The van der Waals surface area contributed by atoms with E-state index in [1.807, 2.05) is 54.6 Å². The van der Waals surface area contributed by atoms with Crippen LogP contribution in [-0.4, -0.2) is 30.9 Å². The van der Waals surface area contributed by atoms with E-state index in [1.165, 1.54) is 4.80 Å². The van der Waals surface area contributed by atoms with E-state index in [1.54, 1.807) is 6.92 Å². The number of fused-ring (bicyclic) bond motifs is 1. The average molecular weight is 318 g/mol. The Hall–Kier alpha value is -3.48. The van der Waals surface area contributed by atoms with Gasteiger partial charge in [-0.3, -0.25) is 10.1 Å². The van der Waals surface area contributed by atoms with Gasteiger partial charge in [0.05, 0.1) is 22.4 Å². The first-order valence-corrected chi connectivity index (χ1v) is 7.46. The first kappa shape index (κ1) is 14.1. The van der Waals surface area contributed by atoms with E-state index in [0.29, 0.717) is 11.6 Å². The number of hydrogen-bond donors (Lipinski definition) is 2. The Bertz CT molecular complexity index is 985. The summed E-state index contributed by atoms with van der Waals surface area (Å²) in [5, 5.41) is 11.3. The maximum absolute atomic E-state index is 12.5. The Labute approximate surface area is 137 Å². The van der Waals surface area contributed by atoms with Crippen LogP contribution in [0.3, 0.4) is 0 Å². The molecule has 24 heavy (non-hydrogen) atoms. The second-order valence-electron chi connectivity index (χ2n) is 5.32. The molecule has 2 N–H and O–H groups in total. The van der Waals surface area contributed by atoms with Gasteiger partial charge in [-0.1, -0.05) is 30.3 Å². The van der Waals surface area contributed by atoms with Crippen LogP contribution in [0.15, 0.2) is 54.6 Å². The van der Waals surface area contributed by atoms with Crippen molar-refractivity contribution in [3.05, 3.63) is 66.0 Å². The number of aromatic nitrogens is 5. The normalized spacial score (nSPS) is 10.9. The summed E-state index contributed by atoms with van der Waals surface area (Å²) in [6.07, 6.45) is 0. The topological polar surface area (TPSA) is 88.5 Å². The molecule has 2 aromatic carbocycles. The van der Waals surface area contributed by atoms with Crippen molar-refractivity contribution in [2.75, 3.05) is 5.32 Å². The molecule has 0 aliphatic carbocycles. The van der Waals surface area contributed by atoms with Gasteiger partial charge in [0.15, 0.2) is 5.69 Å². The molecule has 2 heterocycles. The minimum atomic E-state index is -0.353. The second-order valence-corrected chi connectivity index (χ2v) is 5.32. The monoisotopic (exact) mass is 318 g/mol. The molecule has 0 atom stereocenters. The summed E-state index contributed by atoms with van der Waals surface area (Å²) in [6.45, 7) is 1.75. The number of carbonyl (C=O) groups excluding carboxylic acids is 1. The maximum Gasteiger partial charge on any atom is 0.280 e.